The second kappa shape index (κ2) is 6.96. The Bertz CT molecular complexity index is 684. The van der Waals surface area contributed by atoms with Crippen molar-refractivity contribution in [3.63, 3.8) is 0 Å². The van der Waals surface area contributed by atoms with Crippen molar-refractivity contribution in [3.05, 3.63) is 47.2 Å². The fourth-order valence-corrected chi connectivity index (χ4v) is 2.95. The van der Waals surface area contributed by atoms with Crippen molar-refractivity contribution < 1.29 is 4.79 Å². The largest absolute Gasteiger partial charge is 0.341 e. The van der Waals surface area contributed by atoms with Gasteiger partial charge in [-0.05, 0) is 43.5 Å². The topological polar surface area (TPSA) is 58.1 Å². The third-order valence-corrected chi connectivity index (χ3v) is 4.64. The first-order valence-electron chi connectivity index (χ1n) is 7.73. The summed E-state index contributed by atoms with van der Waals surface area (Å²) in [6.45, 7) is 3.49. The van der Waals surface area contributed by atoms with Gasteiger partial charge in [-0.3, -0.25) is 4.79 Å². The maximum atomic E-state index is 12.5. The highest BCUT2D eigenvalue weighted by Crippen LogP contribution is 2.26. The van der Waals surface area contributed by atoms with Crippen LogP contribution in [0.2, 0.25) is 5.02 Å². The molecule has 5 nitrogen and oxygen atoms in total. The first-order valence-corrected chi connectivity index (χ1v) is 8.11. The molecule has 0 spiro atoms. The van der Waals surface area contributed by atoms with E-state index in [-0.39, 0.29) is 11.8 Å². The highest BCUT2D eigenvalue weighted by molar-refractivity contribution is 6.31. The fraction of sp³-hybridized carbons (Fsp3) is 0.353. The molecule has 1 aromatic heterocycles. The Balaban J connectivity index is 1.59. The van der Waals surface area contributed by atoms with E-state index < -0.39 is 0 Å². The number of aromatic nitrogens is 2. The van der Waals surface area contributed by atoms with Crippen LogP contribution in [-0.4, -0.2) is 29.0 Å². The lowest BCUT2D eigenvalue weighted by Gasteiger charge is -2.31. The third kappa shape index (κ3) is 3.62. The van der Waals surface area contributed by atoms with Crippen LogP contribution >= 0.6 is 11.6 Å². The van der Waals surface area contributed by atoms with Gasteiger partial charge in [0.05, 0.1) is 0 Å². The molecule has 0 bridgehead atoms. The molecule has 0 atom stereocenters. The summed E-state index contributed by atoms with van der Waals surface area (Å²) >= 11 is 6.10. The van der Waals surface area contributed by atoms with Crippen molar-refractivity contribution in [1.82, 2.24) is 9.97 Å². The van der Waals surface area contributed by atoms with Crippen molar-refractivity contribution in [2.45, 2.75) is 19.8 Å². The molecule has 1 N–H and O–H groups in total. The summed E-state index contributed by atoms with van der Waals surface area (Å²) < 4.78 is 0. The third-order valence-electron chi connectivity index (χ3n) is 4.23. The smallest absolute Gasteiger partial charge is 0.227 e. The number of piperidine rings is 1. The fourth-order valence-electron chi connectivity index (χ4n) is 2.77. The maximum absolute atomic E-state index is 12.5. The summed E-state index contributed by atoms with van der Waals surface area (Å²) in [6, 6.07) is 7.36. The second-order valence-electron chi connectivity index (χ2n) is 5.71. The summed E-state index contributed by atoms with van der Waals surface area (Å²) in [7, 11) is 0. The molecule has 0 unspecified atom stereocenters. The van der Waals surface area contributed by atoms with E-state index in [4.69, 9.17) is 11.6 Å². The van der Waals surface area contributed by atoms with Crippen LogP contribution in [0.3, 0.4) is 0 Å². The number of hydrogen-bond donors (Lipinski definition) is 1. The van der Waals surface area contributed by atoms with Gasteiger partial charge in [0.25, 0.3) is 0 Å². The van der Waals surface area contributed by atoms with E-state index in [9.17, 15) is 4.79 Å². The minimum absolute atomic E-state index is 0.00773. The number of nitrogens with zero attached hydrogens (tertiary/aromatic N) is 3. The Morgan fingerprint density at radius 1 is 1.22 bits per heavy atom. The first-order chi connectivity index (χ1) is 11.1. The molecule has 120 valence electrons. The van der Waals surface area contributed by atoms with Gasteiger partial charge < -0.3 is 10.2 Å². The number of carbonyl (C=O) groups is 1. The lowest BCUT2D eigenvalue weighted by atomic mass is 9.96. The monoisotopic (exact) mass is 330 g/mol. The Hall–Kier alpha value is -2.14. The van der Waals surface area contributed by atoms with E-state index in [0.29, 0.717) is 5.02 Å². The molecule has 0 saturated carbocycles. The van der Waals surface area contributed by atoms with Gasteiger partial charge in [0.15, 0.2) is 0 Å². The van der Waals surface area contributed by atoms with E-state index in [1.165, 1.54) is 0 Å². The maximum Gasteiger partial charge on any atom is 0.227 e. The van der Waals surface area contributed by atoms with Crippen molar-refractivity contribution in [1.29, 1.82) is 0 Å². The van der Waals surface area contributed by atoms with Crippen LogP contribution < -0.4 is 10.2 Å². The minimum Gasteiger partial charge on any atom is -0.341 e. The SMILES string of the molecule is Cc1c(Cl)cccc1NC(=O)C1CCN(c2ncccn2)CC1. The van der Waals surface area contributed by atoms with Gasteiger partial charge in [-0.15, -0.1) is 0 Å². The Morgan fingerprint density at radius 2 is 1.91 bits per heavy atom. The zero-order valence-electron chi connectivity index (χ0n) is 13.0. The quantitative estimate of drug-likeness (QED) is 0.938. The van der Waals surface area contributed by atoms with Crippen LogP contribution in [0, 0.1) is 12.8 Å². The van der Waals surface area contributed by atoms with Crippen LogP contribution in [-0.2, 0) is 4.79 Å². The number of halogens is 1. The van der Waals surface area contributed by atoms with Crippen molar-refractivity contribution in [3.8, 4) is 0 Å². The number of anilines is 2. The second-order valence-corrected chi connectivity index (χ2v) is 6.12. The minimum atomic E-state index is 0.00773. The van der Waals surface area contributed by atoms with Gasteiger partial charge in [-0.2, -0.15) is 0 Å². The van der Waals surface area contributed by atoms with E-state index in [2.05, 4.69) is 20.2 Å². The van der Waals surface area contributed by atoms with Crippen LogP contribution in [0.15, 0.2) is 36.7 Å². The molecular formula is C17H19ClN4O. The molecule has 23 heavy (non-hydrogen) atoms. The van der Waals surface area contributed by atoms with Crippen LogP contribution in [0.25, 0.3) is 0 Å². The first kappa shape index (κ1) is 15.7. The van der Waals surface area contributed by atoms with E-state index >= 15 is 0 Å². The molecule has 1 amide bonds. The van der Waals surface area contributed by atoms with Gasteiger partial charge in [-0.25, -0.2) is 9.97 Å². The van der Waals surface area contributed by atoms with Crippen LogP contribution in [0.4, 0.5) is 11.6 Å². The van der Waals surface area contributed by atoms with Gasteiger partial charge in [0.1, 0.15) is 0 Å². The molecule has 6 heteroatoms. The normalized spacial score (nSPS) is 15.5. The van der Waals surface area contributed by atoms with Crippen molar-refractivity contribution in [2.75, 3.05) is 23.3 Å². The predicted octanol–water partition coefficient (Wildman–Crippen LogP) is 3.29. The van der Waals surface area contributed by atoms with Crippen molar-refractivity contribution in [2.24, 2.45) is 5.92 Å². The average Bonchev–Trinajstić information content (AvgIpc) is 2.60. The lowest BCUT2D eigenvalue weighted by Crippen LogP contribution is -2.39. The van der Waals surface area contributed by atoms with E-state index in [1.807, 2.05) is 25.1 Å². The number of rotatable bonds is 3. The zero-order valence-corrected chi connectivity index (χ0v) is 13.8. The van der Waals surface area contributed by atoms with Gasteiger partial charge in [-0.1, -0.05) is 17.7 Å². The summed E-state index contributed by atoms with van der Waals surface area (Å²) in [4.78, 5) is 23.1. The molecule has 1 saturated heterocycles. The number of nitrogens with one attached hydrogen (secondary N) is 1. The molecule has 0 aliphatic carbocycles. The summed E-state index contributed by atoms with van der Waals surface area (Å²) in [5, 5.41) is 3.67. The molecule has 1 aromatic carbocycles. The predicted molar refractivity (Wildman–Crippen MR) is 91.8 cm³/mol. The highest BCUT2D eigenvalue weighted by atomic mass is 35.5. The Labute approximate surface area is 140 Å². The number of hydrogen-bond acceptors (Lipinski definition) is 4. The van der Waals surface area contributed by atoms with Gasteiger partial charge in [0.2, 0.25) is 11.9 Å². The van der Waals surface area contributed by atoms with Crippen LogP contribution in [0.1, 0.15) is 18.4 Å². The molecular weight excluding hydrogens is 312 g/mol. The molecule has 1 aliphatic heterocycles. The van der Waals surface area contributed by atoms with E-state index in [1.54, 1.807) is 18.5 Å². The summed E-state index contributed by atoms with van der Waals surface area (Å²) in [5.74, 6) is 0.800. The highest BCUT2D eigenvalue weighted by Gasteiger charge is 2.26. The average molecular weight is 331 g/mol. The summed E-state index contributed by atoms with van der Waals surface area (Å²) in [5.41, 5.74) is 1.69. The molecule has 3 rings (SSSR count). The van der Waals surface area contributed by atoms with Crippen LogP contribution in [0.5, 0.6) is 0 Å². The lowest BCUT2D eigenvalue weighted by molar-refractivity contribution is -0.120. The van der Waals surface area contributed by atoms with Gasteiger partial charge in [0, 0.05) is 42.1 Å². The molecule has 1 aliphatic rings. The molecule has 0 radical (unpaired) electrons. The van der Waals surface area contributed by atoms with Gasteiger partial charge >= 0.3 is 0 Å². The van der Waals surface area contributed by atoms with E-state index in [0.717, 1.165) is 43.1 Å². The molecule has 2 aromatic rings. The number of amides is 1. The number of carbonyl (C=O) groups excluding carboxylic acids is 1. The Morgan fingerprint density at radius 3 is 2.61 bits per heavy atom. The zero-order chi connectivity index (χ0) is 16.2. The Kier molecular flexibility index (Phi) is 4.76. The molecule has 1 fully saturated rings. The van der Waals surface area contributed by atoms with Crippen molar-refractivity contribution >= 4 is 29.1 Å². The standard InChI is InChI=1S/C17H19ClN4O/c1-12-14(18)4-2-5-15(12)21-16(23)13-6-10-22(11-7-13)17-19-8-3-9-20-17/h2-5,8-9,13H,6-7,10-11H2,1H3,(H,21,23). The molecule has 2 heterocycles. The summed E-state index contributed by atoms with van der Waals surface area (Å²) in [6.07, 6.45) is 5.07. The number of benzene rings is 1.